The van der Waals surface area contributed by atoms with E-state index in [1.165, 1.54) is 232 Å². The molecule has 0 aromatic carbocycles. The summed E-state index contributed by atoms with van der Waals surface area (Å²) in [5, 5.41) is 0. The van der Waals surface area contributed by atoms with Crippen LogP contribution in [0.2, 0.25) is 0 Å². The molecule has 0 aliphatic heterocycles. The Balaban J connectivity index is 0. The second-order valence-corrected chi connectivity index (χ2v) is 18.7. The molecule has 0 atom stereocenters. The first-order valence-electron chi connectivity index (χ1n) is 20.5. The second kappa shape index (κ2) is 42.8. The first-order valence-corrected chi connectivity index (χ1v) is 23.4. The maximum absolute atomic E-state index is 3.07. The van der Waals surface area contributed by atoms with Crippen molar-refractivity contribution in [1.82, 2.24) is 1.97 Å². The molecule has 0 saturated heterocycles. The Labute approximate surface area is 313 Å². The topological polar surface area (TPSA) is 6.48 Å². The predicted octanol–water partition coefficient (Wildman–Crippen LogP) is 14.6. The van der Waals surface area contributed by atoms with E-state index in [-0.39, 0.29) is 17.0 Å². The van der Waals surface area contributed by atoms with Gasteiger partial charge in [0, 0.05) is 0 Å². The Bertz CT molecular complexity index is 410. The van der Waals surface area contributed by atoms with E-state index in [9.17, 15) is 0 Å². The predicted molar refractivity (Wildman–Crippen MR) is 204 cm³/mol. The first-order chi connectivity index (χ1) is 21.3. The number of halogens is 1. The standard InChI is InChI=1S/2C20H42N.BrH.Nd/c2*1-3-5-7-9-11-13-15-17-19-21-20-18-16-14-12-10-8-6-4-2;;/h2*3-20H2,1-2H3;1H;/q2*-1;;+2. The van der Waals surface area contributed by atoms with Gasteiger partial charge in [-0.15, -0.1) is 17.0 Å². The third-order valence-corrected chi connectivity index (χ3v) is 14.1. The molecule has 0 spiro atoms. The number of rotatable bonds is 38. The van der Waals surface area contributed by atoms with Crippen LogP contribution in [0.4, 0.5) is 0 Å². The van der Waals surface area contributed by atoms with Gasteiger partial charge in [0.15, 0.2) is 0 Å². The molecule has 0 N–H and O–H groups in total. The second-order valence-electron chi connectivity index (χ2n) is 14.0. The summed E-state index contributed by atoms with van der Waals surface area (Å²) < 4.78 is 6.15. The Hall–Kier alpha value is 1.75. The average molecular weight is 818 g/mol. The minimum absolute atomic E-state index is 0. The molecule has 4 heteroatoms. The Morgan fingerprint density at radius 1 is 0.250 bits per heavy atom. The van der Waals surface area contributed by atoms with E-state index in [1.807, 2.05) is 0 Å². The zero-order valence-electron chi connectivity index (χ0n) is 31.3. The molecule has 2 nitrogen and oxygen atoms in total. The molecule has 0 fully saturated rings. The van der Waals surface area contributed by atoms with Crippen LogP contribution in [0.5, 0.6) is 0 Å². The van der Waals surface area contributed by atoms with Crippen molar-refractivity contribution < 1.29 is 37.5 Å². The van der Waals surface area contributed by atoms with Crippen LogP contribution in [0.1, 0.15) is 233 Å². The van der Waals surface area contributed by atoms with E-state index in [0.29, 0.717) is 0 Å². The zero-order chi connectivity index (χ0) is 31.3. The normalized spacial score (nSPS) is 11.5. The molecule has 266 valence electrons. The van der Waals surface area contributed by atoms with Crippen molar-refractivity contribution in [2.45, 2.75) is 233 Å². The van der Waals surface area contributed by atoms with Crippen molar-refractivity contribution in [3.8, 4) is 0 Å². The van der Waals surface area contributed by atoms with E-state index < -0.39 is 37.5 Å². The van der Waals surface area contributed by atoms with Crippen LogP contribution < -0.4 is 0 Å². The van der Waals surface area contributed by atoms with Crippen molar-refractivity contribution in [3.05, 3.63) is 0 Å². The first kappa shape index (κ1) is 47.9. The van der Waals surface area contributed by atoms with Gasteiger partial charge in [0.05, 0.1) is 0 Å². The molecule has 0 saturated carbocycles. The van der Waals surface area contributed by atoms with Crippen molar-refractivity contribution in [2.24, 2.45) is 0 Å². The quantitative estimate of drug-likeness (QED) is 0.0573. The fourth-order valence-electron chi connectivity index (χ4n) is 6.37. The third kappa shape index (κ3) is 38.2. The molecule has 0 aromatic heterocycles. The van der Waals surface area contributed by atoms with Crippen LogP contribution in [0.15, 0.2) is 0 Å². The summed E-state index contributed by atoms with van der Waals surface area (Å²) >= 11 is -0.910. The zero-order valence-corrected chi connectivity index (χ0v) is 36.2. The van der Waals surface area contributed by atoms with Gasteiger partial charge in [-0.25, -0.2) is 0 Å². The Morgan fingerprint density at radius 3 is 0.591 bits per heavy atom. The van der Waals surface area contributed by atoms with Crippen molar-refractivity contribution >= 4 is 17.0 Å². The molecule has 0 aliphatic carbocycles. The van der Waals surface area contributed by atoms with Crippen molar-refractivity contribution in [1.29, 1.82) is 0 Å². The van der Waals surface area contributed by atoms with Crippen LogP contribution in [0, 0.1) is 37.5 Å². The average Bonchev–Trinajstić information content (AvgIpc) is 3.01. The number of hydrogen-bond donors (Lipinski definition) is 0. The molecule has 0 aromatic rings. The molecule has 0 bridgehead atoms. The fraction of sp³-hybridized carbons (Fsp3) is 1.00. The van der Waals surface area contributed by atoms with Gasteiger partial charge >= 0.3 is 299 Å². The van der Waals surface area contributed by atoms with Crippen LogP contribution in [0.25, 0.3) is 0 Å². The van der Waals surface area contributed by atoms with E-state index in [1.54, 1.807) is 0 Å². The molecule has 0 radical (unpaired) electrons. The number of hydrogen-bond acceptors (Lipinski definition) is 2. The molecular formula is C40H85BrN2Nd. The fourth-order valence-corrected chi connectivity index (χ4v) is 11.0. The van der Waals surface area contributed by atoms with Gasteiger partial charge in [-0.1, -0.05) is 0 Å². The minimum atomic E-state index is -0.910. The summed E-state index contributed by atoms with van der Waals surface area (Å²) in [6.07, 6.45) is 46.5. The van der Waals surface area contributed by atoms with Crippen molar-refractivity contribution in [3.63, 3.8) is 0 Å². The molecule has 0 rings (SSSR count). The summed E-state index contributed by atoms with van der Waals surface area (Å²) in [7, 11) is 0. The van der Waals surface area contributed by atoms with Crippen LogP contribution in [0.3, 0.4) is 0 Å². The summed E-state index contributed by atoms with van der Waals surface area (Å²) in [6.45, 7) is 15.0. The molecule has 0 unspecified atom stereocenters. The molecular weight excluding hydrogens is 733 g/mol. The third-order valence-electron chi connectivity index (χ3n) is 9.41. The van der Waals surface area contributed by atoms with Crippen molar-refractivity contribution in [2.75, 3.05) is 26.2 Å². The van der Waals surface area contributed by atoms with Gasteiger partial charge in [0.25, 0.3) is 0 Å². The van der Waals surface area contributed by atoms with E-state index >= 15 is 0 Å². The van der Waals surface area contributed by atoms with Gasteiger partial charge in [-0.3, -0.25) is 0 Å². The SMILES string of the molecule is Br.CCCCCCCCCC[N](CCCCCCCCCC)[Nd][N](CCCCCCCCCC)CCCCCCCCCC. The van der Waals surface area contributed by atoms with Gasteiger partial charge < -0.3 is 0 Å². The summed E-state index contributed by atoms with van der Waals surface area (Å²) in [5.74, 6) is 0. The van der Waals surface area contributed by atoms with Crippen LogP contribution >= 0.6 is 17.0 Å². The van der Waals surface area contributed by atoms with Crippen LogP contribution in [-0.4, -0.2) is 28.1 Å². The van der Waals surface area contributed by atoms with E-state index in [0.717, 1.165) is 0 Å². The molecule has 0 aliphatic rings. The molecule has 0 heterocycles. The number of nitrogens with zero attached hydrogens (tertiary/aromatic N) is 2. The van der Waals surface area contributed by atoms with E-state index in [2.05, 4.69) is 29.7 Å². The van der Waals surface area contributed by atoms with Gasteiger partial charge in [-0.05, 0) is 0 Å². The Kier molecular flexibility index (Phi) is 46.5. The summed E-state index contributed by atoms with van der Waals surface area (Å²) in [4.78, 5) is 0. The Morgan fingerprint density at radius 2 is 0.409 bits per heavy atom. The maximum atomic E-state index is 3.07. The molecule has 0 amide bonds. The van der Waals surface area contributed by atoms with Gasteiger partial charge in [0.2, 0.25) is 0 Å². The summed E-state index contributed by atoms with van der Waals surface area (Å²) in [5.41, 5.74) is 0. The van der Waals surface area contributed by atoms with Gasteiger partial charge in [0.1, 0.15) is 0 Å². The molecule has 44 heavy (non-hydrogen) atoms. The van der Waals surface area contributed by atoms with E-state index in [4.69, 9.17) is 0 Å². The monoisotopic (exact) mass is 814 g/mol. The van der Waals surface area contributed by atoms with Gasteiger partial charge in [-0.2, -0.15) is 0 Å². The number of unbranched alkanes of at least 4 members (excludes halogenated alkanes) is 28. The summed E-state index contributed by atoms with van der Waals surface area (Å²) in [6, 6.07) is 0. The van der Waals surface area contributed by atoms with Crippen LogP contribution in [-0.2, 0) is 0 Å².